The summed E-state index contributed by atoms with van der Waals surface area (Å²) in [5.41, 5.74) is 4.63. The summed E-state index contributed by atoms with van der Waals surface area (Å²) < 4.78 is 5.16. The highest BCUT2D eigenvalue weighted by Gasteiger charge is 2.21. The number of aryl methyl sites for hydroxylation is 1. The van der Waals surface area contributed by atoms with Crippen LogP contribution < -0.4 is 11.3 Å². The van der Waals surface area contributed by atoms with Crippen molar-refractivity contribution in [3.63, 3.8) is 0 Å². The third-order valence-corrected chi connectivity index (χ3v) is 2.19. The van der Waals surface area contributed by atoms with Crippen LogP contribution in [-0.4, -0.2) is 21.6 Å². The van der Waals surface area contributed by atoms with Gasteiger partial charge in [-0.2, -0.15) is 15.0 Å². The molecule has 2 heterocycles. The van der Waals surface area contributed by atoms with Crippen LogP contribution in [0.15, 0.2) is 18.0 Å². The molecule has 1 aromatic rings. The van der Waals surface area contributed by atoms with Crippen molar-refractivity contribution in [1.29, 1.82) is 0 Å². The number of nitrogens with two attached hydrogens (primary N) is 1. The first-order valence-electron chi connectivity index (χ1n) is 4.44. The first kappa shape index (κ1) is 9.17. The summed E-state index contributed by atoms with van der Waals surface area (Å²) >= 11 is 0. The molecule has 1 aromatic heterocycles. The van der Waals surface area contributed by atoms with Crippen LogP contribution in [0.3, 0.4) is 0 Å². The summed E-state index contributed by atoms with van der Waals surface area (Å²) in [5, 5.41) is 8.19. The minimum absolute atomic E-state index is 0.0915. The van der Waals surface area contributed by atoms with E-state index in [-0.39, 0.29) is 6.04 Å². The van der Waals surface area contributed by atoms with Crippen LogP contribution in [0.1, 0.15) is 18.2 Å². The van der Waals surface area contributed by atoms with Gasteiger partial charge in [-0.3, -0.25) is 5.84 Å². The Bertz CT molecular complexity index is 345. The van der Waals surface area contributed by atoms with Crippen molar-refractivity contribution in [3.8, 4) is 0 Å². The van der Waals surface area contributed by atoms with Crippen LogP contribution in [0.2, 0.25) is 0 Å². The van der Waals surface area contributed by atoms with E-state index in [0.717, 1.165) is 17.7 Å². The van der Waals surface area contributed by atoms with Crippen molar-refractivity contribution in [3.05, 3.63) is 23.7 Å². The molecule has 0 aromatic carbocycles. The molecule has 0 bridgehead atoms. The van der Waals surface area contributed by atoms with Gasteiger partial charge in [0.2, 0.25) is 0 Å². The summed E-state index contributed by atoms with van der Waals surface area (Å²) in [5.74, 6) is 5.47. The molecule has 76 valence electrons. The molecule has 0 aliphatic carbocycles. The summed E-state index contributed by atoms with van der Waals surface area (Å²) in [6, 6.07) is -0.0915. The fraction of sp³-hybridized carbons (Fsp3) is 0.500. The van der Waals surface area contributed by atoms with Gasteiger partial charge in [0.15, 0.2) is 0 Å². The molecule has 0 spiro atoms. The third-order valence-electron chi connectivity index (χ3n) is 2.19. The maximum Gasteiger partial charge on any atom is 0.105 e. The van der Waals surface area contributed by atoms with Gasteiger partial charge in [0, 0.05) is 13.5 Å². The smallest absolute Gasteiger partial charge is 0.105 e. The van der Waals surface area contributed by atoms with Gasteiger partial charge in [-0.25, -0.2) is 5.43 Å². The molecule has 2 rings (SSSR count). The van der Waals surface area contributed by atoms with E-state index in [2.05, 4.69) is 15.6 Å². The molecular formula is C8H13N5O. The standard InChI is InChI=1S/C8H13N5O/c1-13-10-4-7(12-13)8(11-9)6-2-3-14-5-6/h4-5,8,11H,2-3,9H2,1H3. The number of hydrogen-bond acceptors (Lipinski definition) is 5. The Labute approximate surface area is 81.7 Å². The second-order valence-corrected chi connectivity index (χ2v) is 3.17. The SMILES string of the molecule is Cn1ncc(C(NN)C2=COCC2)n1. The molecule has 14 heavy (non-hydrogen) atoms. The Kier molecular flexibility index (Phi) is 2.47. The van der Waals surface area contributed by atoms with Crippen molar-refractivity contribution in [2.45, 2.75) is 12.5 Å². The lowest BCUT2D eigenvalue weighted by Gasteiger charge is -2.12. The molecule has 3 N–H and O–H groups in total. The van der Waals surface area contributed by atoms with Crippen molar-refractivity contribution < 1.29 is 4.74 Å². The van der Waals surface area contributed by atoms with Gasteiger partial charge in [-0.15, -0.1) is 0 Å². The first-order valence-corrected chi connectivity index (χ1v) is 4.44. The number of nitrogens with zero attached hydrogens (tertiary/aromatic N) is 3. The number of hydrazine groups is 1. The van der Waals surface area contributed by atoms with Gasteiger partial charge in [-0.1, -0.05) is 0 Å². The fourth-order valence-electron chi connectivity index (χ4n) is 1.49. The van der Waals surface area contributed by atoms with Crippen LogP contribution in [-0.2, 0) is 11.8 Å². The van der Waals surface area contributed by atoms with E-state index in [4.69, 9.17) is 10.6 Å². The summed E-state index contributed by atoms with van der Waals surface area (Å²) in [4.78, 5) is 1.51. The van der Waals surface area contributed by atoms with E-state index in [0.29, 0.717) is 6.61 Å². The number of hydrogen-bond donors (Lipinski definition) is 2. The van der Waals surface area contributed by atoms with Crippen molar-refractivity contribution in [2.75, 3.05) is 6.61 Å². The number of aromatic nitrogens is 3. The monoisotopic (exact) mass is 195 g/mol. The highest BCUT2D eigenvalue weighted by Crippen LogP contribution is 2.24. The molecule has 0 radical (unpaired) electrons. The van der Waals surface area contributed by atoms with Gasteiger partial charge in [0.05, 0.1) is 25.1 Å². The lowest BCUT2D eigenvalue weighted by molar-refractivity contribution is 0.281. The molecule has 0 fully saturated rings. The Morgan fingerprint density at radius 2 is 2.57 bits per heavy atom. The summed E-state index contributed by atoms with van der Waals surface area (Å²) in [6.45, 7) is 0.716. The predicted molar refractivity (Wildman–Crippen MR) is 49.7 cm³/mol. The van der Waals surface area contributed by atoms with Gasteiger partial charge in [0.1, 0.15) is 5.69 Å². The zero-order chi connectivity index (χ0) is 9.97. The van der Waals surface area contributed by atoms with Crippen LogP contribution in [0, 0.1) is 0 Å². The zero-order valence-electron chi connectivity index (χ0n) is 7.97. The molecule has 0 saturated heterocycles. The molecule has 1 aliphatic rings. The quantitative estimate of drug-likeness (QED) is 0.508. The zero-order valence-corrected chi connectivity index (χ0v) is 7.97. The Morgan fingerprint density at radius 3 is 3.07 bits per heavy atom. The molecule has 1 atom stereocenters. The molecule has 1 aliphatic heterocycles. The van der Waals surface area contributed by atoms with E-state index in [1.807, 2.05) is 0 Å². The minimum Gasteiger partial charge on any atom is -0.501 e. The lowest BCUT2D eigenvalue weighted by Crippen LogP contribution is -2.29. The van der Waals surface area contributed by atoms with Gasteiger partial charge in [0.25, 0.3) is 0 Å². The van der Waals surface area contributed by atoms with Crippen LogP contribution in [0.5, 0.6) is 0 Å². The number of nitrogens with one attached hydrogen (secondary N) is 1. The van der Waals surface area contributed by atoms with Crippen LogP contribution >= 0.6 is 0 Å². The average molecular weight is 195 g/mol. The molecule has 1 unspecified atom stereocenters. The largest absolute Gasteiger partial charge is 0.501 e. The topological polar surface area (TPSA) is 78.0 Å². The average Bonchev–Trinajstić information content (AvgIpc) is 2.79. The Balaban J connectivity index is 2.20. The summed E-state index contributed by atoms with van der Waals surface area (Å²) in [7, 11) is 1.77. The van der Waals surface area contributed by atoms with Crippen LogP contribution in [0.25, 0.3) is 0 Å². The van der Waals surface area contributed by atoms with Crippen molar-refractivity contribution in [1.82, 2.24) is 20.4 Å². The molecule has 0 saturated carbocycles. The molecular weight excluding hydrogens is 182 g/mol. The normalized spacial score (nSPS) is 17.7. The maximum atomic E-state index is 5.47. The van der Waals surface area contributed by atoms with E-state index >= 15 is 0 Å². The first-order chi connectivity index (χ1) is 6.81. The van der Waals surface area contributed by atoms with Crippen molar-refractivity contribution in [2.24, 2.45) is 12.9 Å². The van der Waals surface area contributed by atoms with Crippen molar-refractivity contribution >= 4 is 0 Å². The molecule has 6 heteroatoms. The number of ether oxygens (including phenoxy) is 1. The minimum atomic E-state index is -0.0915. The Hall–Kier alpha value is -1.40. The second-order valence-electron chi connectivity index (χ2n) is 3.17. The van der Waals surface area contributed by atoms with E-state index in [1.165, 1.54) is 4.80 Å². The number of rotatable bonds is 3. The lowest BCUT2D eigenvalue weighted by atomic mass is 10.1. The second kappa shape index (κ2) is 3.77. The fourth-order valence-corrected chi connectivity index (χ4v) is 1.49. The highest BCUT2D eigenvalue weighted by molar-refractivity contribution is 5.19. The predicted octanol–water partition coefficient (Wildman–Crippen LogP) is -0.376. The van der Waals surface area contributed by atoms with Crippen LogP contribution in [0.4, 0.5) is 0 Å². The van der Waals surface area contributed by atoms with E-state index in [9.17, 15) is 0 Å². The maximum absolute atomic E-state index is 5.47. The summed E-state index contributed by atoms with van der Waals surface area (Å²) in [6.07, 6.45) is 4.31. The Morgan fingerprint density at radius 1 is 1.71 bits per heavy atom. The highest BCUT2D eigenvalue weighted by atomic mass is 16.5. The molecule has 6 nitrogen and oxygen atoms in total. The third kappa shape index (κ3) is 1.61. The van der Waals surface area contributed by atoms with Gasteiger partial charge >= 0.3 is 0 Å². The van der Waals surface area contributed by atoms with Gasteiger partial charge in [-0.05, 0) is 5.57 Å². The van der Waals surface area contributed by atoms with E-state index < -0.39 is 0 Å². The molecule has 0 amide bonds. The van der Waals surface area contributed by atoms with Gasteiger partial charge < -0.3 is 4.74 Å². The van der Waals surface area contributed by atoms with E-state index in [1.54, 1.807) is 19.5 Å².